The summed E-state index contributed by atoms with van der Waals surface area (Å²) < 4.78 is 18.5. The summed E-state index contributed by atoms with van der Waals surface area (Å²) in [5.41, 5.74) is 2.04. The average molecular weight is 378 g/mol. The molecule has 0 aliphatic heterocycles. The Hall–Kier alpha value is -3.67. The van der Waals surface area contributed by atoms with Crippen LogP contribution in [0.4, 0.5) is 10.1 Å². The highest BCUT2D eigenvalue weighted by molar-refractivity contribution is 6.04. The first-order valence-electron chi connectivity index (χ1n) is 8.64. The van der Waals surface area contributed by atoms with Crippen LogP contribution < -0.4 is 15.4 Å². The van der Waals surface area contributed by atoms with Gasteiger partial charge < -0.3 is 15.4 Å². The fourth-order valence-electron chi connectivity index (χ4n) is 2.70. The van der Waals surface area contributed by atoms with Gasteiger partial charge >= 0.3 is 0 Å². The molecule has 5 nitrogen and oxygen atoms in total. The number of para-hydroxylation sites is 1. The Balaban J connectivity index is 1.65. The van der Waals surface area contributed by atoms with Crippen molar-refractivity contribution in [3.05, 3.63) is 95.3 Å². The van der Waals surface area contributed by atoms with Gasteiger partial charge in [-0.1, -0.05) is 30.3 Å². The molecule has 0 atom stereocenters. The van der Waals surface area contributed by atoms with Crippen LogP contribution in [0.25, 0.3) is 0 Å². The predicted molar refractivity (Wildman–Crippen MR) is 105 cm³/mol. The number of methoxy groups -OCH3 is 1. The molecule has 3 aromatic rings. The Bertz CT molecular complexity index is 1000. The second-order valence-corrected chi connectivity index (χ2v) is 6.05. The standard InChI is InChI=1S/C22H19FN2O3/c1-28-20-11-3-2-10-19(20)22(27)24-14-15-6-4-9-18(12-15)25-21(26)16-7-5-8-17(23)13-16/h2-13H,14H2,1H3,(H,24,27)(H,25,26). The van der Waals surface area contributed by atoms with Crippen LogP contribution in [0, 0.1) is 5.82 Å². The molecule has 0 spiro atoms. The Morgan fingerprint density at radius 1 is 0.929 bits per heavy atom. The van der Waals surface area contributed by atoms with Crippen molar-refractivity contribution in [1.82, 2.24) is 5.32 Å². The average Bonchev–Trinajstić information content (AvgIpc) is 2.72. The minimum atomic E-state index is -0.472. The number of ether oxygens (including phenoxy) is 1. The van der Waals surface area contributed by atoms with Gasteiger partial charge in [-0.15, -0.1) is 0 Å². The number of carbonyl (C=O) groups excluding carboxylic acids is 2. The van der Waals surface area contributed by atoms with E-state index >= 15 is 0 Å². The van der Waals surface area contributed by atoms with Crippen LogP contribution in [0.15, 0.2) is 72.8 Å². The third-order valence-electron chi connectivity index (χ3n) is 4.08. The van der Waals surface area contributed by atoms with Gasteiger partial charge in [-0.2, -0.15) is 0 Å². The second kappa shape index (κ2) is 8.81. The van der Waals surface area contributed by atoms with E-state index in [0.29, 0.717) is 17.0 Å². The van der Waals surface area contributed by atoms with E-state index in [9.17, 15) is 14.0 Å². The number of halogens is 1. The highest BCUT2D eigenvalue weighted by Crippen LogP contribution is 2.17. The van der Waals surface area contributed by atoms with E-state index < -0.39 is 11.7 Å². The number of hydrogen-bond donors (Lipinski definition) is 2. The number of benzene rings is 3. The molecule has 0 unspecified atom stereocenters. The Labute approximate surface area is 162 Å². The summed E-state index contributed by atoms with van der Waals surface area (Å²) >= 11 is 0. The summed E-state index contributed by atoms with van der Waals surface area (Å²) in [4.78, 5) is 24.6. The molecule has 0 heterocycles. The first-order valence-corrected chi connectivity index (χ1v) is 8.64. The number of amides is 2. The first kappa shape index (κ1) is 19.1. The van der Waals surface area contributed by atoms with Crippen molar-refractivity contribution in [2.45, 2.75) is 6.54 Å². The van der Waals surface area contributed by atoms with E-state index in [1.165, 1.54) is 31.4 Å². The molecule has 3 rings (SSSR count). The van der Waals surface area contributed by atoms with Gasteiger partial charge in [-0.25, -0.2) is 4.39 Å². The van der Waals surface area contributed by atoms with E-state index in [0.717, 1.165) is 5.56 Å². The van der Waals surface area contributed by atoms with Gasteiger partial charge in [0.1, 0.15) is 11.6 Å². The van der Waals surface area contributed by atoms with E-state index in [1.807, 2.05) is 6.07 Å². The SMILES string of the molecule is COc1ccccc1C(=O)NCc1cccc(NC(=O)c2cccc(F)c2)c1. The summed E-state index contributed by atoms with van der Waals surface area (Å²) in [6.07, 6.45) is 0. The maximum atomic E-state index is 13.3. The molecule has 3 aromatic carbocycles. The highest BCUT2D eigenvalue weighted by Gasteiger charge is 2.11. The van der Waals surface area contributed by atoms with Gasteiger partial charge in [0.05, 0.1) is 12.7 Å². The maximum Gasteiger partial charge on any atom is 0.255 e. The van der Waals surface area contributed by atoms with E-state index in [2.05, 4.69) is 10.6 Å². The zero-order valence-corrected chi connectivity index (χ0v) is 15.2. The van der Waals surface area contributed by atoms with E-state index in [1.54, 1.807) is 42.5 Å². The third-order valence-corrected chi connectivity index (χ3v) is 4.08. The van der Waals surface area contributed by atoms with Gasteiger partial charge in [0, 0.05) is 17.8 Å². The molecule has 0 aromatic heterocycles. The number of anilines is 1. The normalized spacial score (nSPS) is 10.2. The van der Waals surface area contributed by atoms with Crippen molar-refractivity contribution in [1.29, 1.82) is 0 Å². The summed E-state index contributed by atoms with van der Waals surface area (Å²) in [6.45, 7) is 0.278. The topological polar surface area (TPSA) is 67.4 Å². The molecule has 0 aliphatic carbocycles. The lowest BCUT2D eigenvalue weighted by Gasteiger charge is -2.10. The minimum Gasteiger partial charge on any atom is -0.496 e. The van der Waals surface area contributed by atoms with Crippen molar-refractivity contribution in [3.63, 3.8) is 0 Å². The fraction of sp³-hybridized carbons (Fsp3) is 0.0909. The smallest absolute Gasteiger partial charge is 0.255 e. The van der Waals surface area contributed by atoms with Gasteiger partial charge in [0.25, 0.3) is 11.8 Å². The number of rotatable bonds is 6. The van der Waals surface area contributed by atoms with Crippen molar-refractivity contribution >= 4 is 17.5 Å². The molecule has 6 heteroatoms. The molecule has 2 amide bonds. The van der Waals surface area contributed by atoms with Crippen molar-refractivity contribution in [2.75, 3.05) is 12.4 Å². The Morgan fingerprint density at radius 3 is 2.50 bits per heavy atom. The summed E-state index contributed by atoms with van der Waals surface area (Å²) in [5.74, 6) is -0.641. The van der Waals surface area contributed by atoms with Gasteiger partial charge in [-0.05, 0) is 48.0 Å². The van der Waals surface area contributed by atoms with Crippen LogP contribution >= 0.6 is 0 Å². The lowest BCUT2D eigenvalue weighted by atomic mass is 10.1. The highest BCUT2D eigenvalue weighted by atomic mass is 19.1. The van der Waals surface area contributed by atoms with Crippen LogP contribution in [0.3, 0.4) is 0 Å². The third kappa shape index (κ3) is 4.73. The maximum absolute atomic E-state index is 13.3. The Kier molecular flexibility index (Phi) is 6.01. The second-order valence-electron chi connectivity index (χ2n) is 6.05. The molecule has 0 fully saturated rings. The molecule has 0 aliphatic rings. The molecule has 0 bridgehead atoms. The zero-order valence-electron chi connectivity index (χ0n) is 15.2. The zero-order chi connectivity index (χ0) is 19.9. The number of carbonyl (C=O) groups is 2. The van der Waals surface area contributed by atoms with Crippen LogP contribution in [0.2, 0.25) is 0 Å². The molecule has 28 heavy (non-hydrogen) atoms. The van der Waals surface area contributed by atoms with Crippen LogP contribution in [0.1, 0.15) is 26.3 Å². The number of nitrogens with one attached hydrogen (secondary N) is 2. The van der Waals surface area contributed by atoms with Gasteiger partial charge in [0.2, 0.25) is 0 Å². The molecule has 142 valence electrons. The molecule has 2 N–H and O–H groups in total. The predicted octanol–water partition coefficient (Wildman–Crippen LogP) is 4.02. The molecule has 0 radical (unpaired) electrons. The Morgan fingerprint density at radius 2 is 1.71 bits per heavy atom. The molecule has 0 saturated heterocycles. The van der Waals surface area contributed by atoms with Crippen molar-refractivity contribution in [3.8, 4) is 5.75 Å². The van der Waals surface area contributed by atoms with Crippen LogP contribution in [-0.4, -0.2) is 18.9 Å². The lowest BCUT2D eigenvalue weighted by molar-refractivity contribution is 0.0947. The lowest BCUT2D eigenvalue weighted by Crippen LogP contribution is -2.23. The van der Waals surface area contributed by atoms with Crippen LogP contribution in [0.5, 0.6) is 5.75 Å². The number of hydrogen-bond acceptors (Lipinski definition) is 3. The molecular weight excluding hydrogens is 359 g/mol. The quantitative estimate of drug-likeness (QED) is 0.681. The van der Waals surface area contributed by atoms with Crippen LogP contribution in [-0.2, 0) is 6.54 Å². The fourth-order valence-corrected chi connectivity index (χ4v) is 2.70. The summed E-state index contributed by atoms with van der Waals surface area (Å²) in [7, 11) is 1.51. The van der Waals surface area contributed by atoms with Gasteiger partial charge in [-0.3, -0.25) is 9.59 Å². The first-order chi connectivity index (χ1) is 13.6. The van der Waals surface area contributed by atoms with Crippen molar-refractivity contribution < 1.29 is 18.7 Å². The molecule has 0 saturated carbocycles. The summed E-state index contributed by atoms with van der Waals surface area (Å²) in [5, 5.41) is 5.55. The summed E-state index contributed by atoms with van der Waals surface area (Å²) in [6, 6.07) is 19.5. The van der Waals surface area contributed by atoms with Crippen molar-refractivity contribution in [2.24, 2.45) is 0 Å². The van der Waals surface area contributed by atoms with E-state index in [-0.39, 0.29) is 18.0 Å². The largest absolute Gasteiger partial charge is 0.496 e. The van der Waals surface area contributed by atoms with E-state index in [4.69, 9.17) is 4.74 Å². The monoisotopic (exact) mass is 378 g/mol. The van der Waals surface area contributed by atoms with Gasteiger partial charge in [0.15, 0.2) is 0 Å². The minimum absolute atomic E-state index is 0.231. The molecular formula is C22H19FN2O3.